The van der Waals surface area contributed by atoms with E-state index in [1.807, 2.05) is 0 Å². The van der Waals surface area contributed by atoms with E-state index in [4.69, 9.17) is 9.47 Å². The Balaban J connectivity index is 2.39. The van der Waals surface area contributed by atoms with E-state index in [2.05, 4.69) is 20.8 Å². The van der Waals surface area contributed by atoms with E-state index < -0.39 is 0 Å². The quantitative estimate of drug-likeness (QED) is 0.645. The molecule has 1 saturated heterocycles. The second-order valence-electron chi connectivity index (χ2n) is 4.91. The smallest absolute Gasteiger partial charge is 0.0837 e. The van der Waals surface area contributed by atoms with Crippen LogP contribution in [0.15, 0.2) is 0 Å². The zero-order valence-electron chi connectivity index (χ0n) is 10.6. The average Bonchev–Trinajstić information content (AvgIpc) is 2.68. The van der Waals surface area contributed by atoms with Gasteiger partial charge in [-0.3, -0.25) is 0 Å². The molecule has 1 unspecified atom stereocenters. The molecule has 0 bridgehead atoms. The van der Waals surface area contributed by atoms with Crippen molar-refractivity contribution in [1.29, 1.82) is 0 Å². The molecule has 0 radical (unpaired) electrons. The lowest BCUT2D eigenvalue weighted by atomic mass is 9.93. The van der Waals surface area contributed by atoms with Gasteiger partial charge >= 0.3 is 0 Å². The van der Waals surface area contributed by atoms with E-state index in [1.165, 1.54) is 32.1 Å². The van der Waals surface area contributed by atoms with Crippen molar-refractivity contribution in [3.63, 3.8) is 0 Å². The minimum Gasteiger partial charge on any atom is -0.379 e. The van der Waals surface area contributed by atoms with Crippen LogP contribution in [0.5, 0.6) is 0 Å². The fourth-order valence-electron chi connectivity index (χ4n) is 2.33. The second kappa shape index (κ2) is 6.49. The van der Waals surface area contributed by atoms with Gasteiger partial charge in [-0.25, -0.2) is 0 Å². The predicted molar refractivity (Wildman–Crippen MR) is 63.1 cm³/mol. The zero-order valence-corrected chi connectivity index (χ0v) is 10.6. The number of rotatable bonds is 7. The third kappa shape index (κ3) is 4.52. The molecule has 2 atom stereocenters. The number of hydrogen-bond donors (Lipinski definition) is 0. The Kier molecular flexibility index (Phi) is 5.62. The topological polar surface area (TPSA) is 18.5 Å². The van der Waals surface area contributed by atoms with Crippen LogP contribution in [0.4, 0.5) is 0 Å². The summed E-state index contributed by atoms with van der Waals surface area (Å²) < 4.78 is 11.6. The first-order chi connectivity index (χ1) is 7.20. The van der Waals surface area contributed by atoms with Crippen LogP contribution < -0.4 is 0 Å². The Hall–Kier alpha value is -0.0800. The Bertz CT molecular complexity index is 164. The molecule has 1 heterocycles. The first-order valence-corrected chi connectivity index (χ1v) is 6.45. The monoisotopic (exact) mass is 214 g/mol. The standard InChI is InChI=1S/C13H26O2/c1-4-6-9-13(3,8-5-2)15-12-7-10-14-11-12/h12H,4-11H2,1-3H3/t12-,13?/m0/s1. The number of unbranched alkanes of at least 4 members (excludes halogenated alkanes) is 1. The van der Waals surface area contributed by atoms with E-state index in [-0.39, 0.29) is 5.60 Å². The molecule has 15 heavy (non-hydrogen) atoms. The van der Waals surface area contributed by atoms with Gasteiger partial charge in [0.2, 0.25) is 0 Å². The Morgan fingerprint density at radius 3 is 2.60 bits per heavy atom. The van der Waals surface area contributed by atoms with Crippen LogP contribution in [0.3, 0.4) is 0 Å². The van der Waals surface area contributed by atoms with Gasteiger partial charge in [-0.2, -0.15) is 0 Å². The summed E-state index contributed by atoms with van der Waals surface area (Å²) in [5, 5.41) is 0. The molecule has 0 aliphatic carbocycles. The first-order valence-electron chi connectivity index (χ1n) is 6.45. The molecule has 0 aromatic rings. The summed E-state index contributed by atoms with van der Waals surface area (Å²) in [5.41, 5.74) is 0.0864. The molecule has 0 spiro atoms. The molecule has 2 nitrogen and oxygen atoms in total. The van der Waals surface area contributed by atoms with E-state index in [9.17, 15) is 0 Å². The van der Waals surface area contributed by atoms with Crippen molar-refractivity contribution >= 4 is 0 Å². The van der Waals surface area contributed by atoms with Crippen molar-refractivity contribution in [2.24, 2.45) is 0 Å². The predicted octanol–water partition coefficient (Wildman–Crippen LogP) is 3.54. The molecule has 2 heteroatoms. The average molecular weight is 214 g/mol. The van der Waals surface area contributed by atoms with Gasteiger partial charge in [0.05, 0.1) is 18.3 Å². The molecule has 1 aliphatic heterocycles. The highest BCUT2D eigenvalue weighted by Crippen LogP contribution is 2.28. The van der Waals surface area contributed by atoms with Crippen LogP contribution in [-0.4, -0.2) is 24.9 Å². The summed E-state index contributed by atoms with van der Waals surface area (Å²) >= 11 is 0. The van der Waals surface area contributed by atoms with Gasteiger partial charge in [-0.05, 0) is 26.2 Å². The summed E-state index contributed by atoms with van der Waals surface area (Å²) in [7, 11) is 0. The van der Waals surface area contributed by atoms with Crippen molar-refractivity contribution < 1.29 is 9.47 Å². The molecule has 1 rings (SSSR count). The maximum atomic E-state index is 6.22. The molecule has 0 aromatic carbocycles. The zero-order chi connectivity index (χ0) is 11.1. The summed E-state index contributed by atoms with van der Waals surface area (Å²) in [4.78, 5) is 0. The third-order valence-corrected chi connectivity index (χ3v) is 3.18. The van der Waals surface area contributed by atoms with E-state index >= 15 is 0 Å². The van der Waals surface area contributed by atoms with Crippen LogP contribution in [0, 0.1) is 0 Å². The summed E-state index contributed by atoms with van der Waals surface area (Å²) in [6, 6.07) is 0. The summed E-state index contributed by atoms with van der Waals surface area (Å²) in [5.74, 6) is 0. The normalized spacial score (nSPS) is 25.4. The molecule has 0 saturated carbocycles. The van der Waals surface area contributed by atoms with Gasteiger partial charge in [0.25, 0.3) is 0 Å². The Labute approximate surface area is 94.3 Å². The van der Waals surface area contributed by atoms with Crippen LogP contribution in [0.1, 0.15) is 59.3 Å². The van der Waals surface area contributed by atoms with Gasteiger partial charge in [0, 0.05) is 6.61 Å². The maximum Gasteiger partial charge on any atom is 0.0837 e. The molecule has 0 aromatic heterocycles. The van der Waals surface area contributed by atoms with E-state index in [0.717, 1.165) is 19.6 Å². The highest BCUT2D eigenvalue weighted by atomic mass is 16.6. The molecule has 0 N–H and O–H groups in total. The van der Waals surface area contributed by atoms with Crippen molar-refractivity contribution in [3.05, 3.63) is 0 Å². The minimum atomic E-state index is 0.0864. The van der Waals surface area contributed by atoms with Gasteiger partial charge in [0.1, 0.15) is 0 Å². The fourth-order valence-corrected chi connectivity index (χ4v) is 2.33. The summed E-state index contributed by atoms with van der Waals surface area (Å²) in [6.45, 7) is 8.42. The lowest BCUT2D eigenvalue weighted by molar-refractivity contribution is -0.0935. The second-order valence-corrected chi connectivity index (χ2v) is 4.91. The molecule has 0 amide bonds. The molecular formula is C13H26O2. The van der Waals surface area contributed by atoms with Gasteiger partial charge in [-0.1, -0.05) is 33.1 Å². The number of hydrogen-bond acceptors (Lipinski definition) is 2. The maximum absolute atomic E-state index is 6.22. The van der Waals surface area contributed by atoms with Gasteiger partial charge in [0.15, 0.2) is 0 Å². The molecule has 1 aliphatic rings. The minimum absolute atomic E-state index is 0.0864. The van der Waals surface area contributed by atoms with Gasteiger partial charge in [-0.15, -0.1) is 0 Å². The third-order valence-electron chi connectivity index (χ3n) is 3.18. The molecule has 1 fully saturated rings. The first kappa shape index (κ1) is 13.0. The largest absolute Gasteiger partial charge is 0.379 e. The van der Waals surface area contributed by atoms with E-state index in [1.54, 1.807) is 0 Å². The van der Waals surface area contributed by atoms with Gasteiger partial charge < -0.3 is 9.47 Å². The summed E-state index contributed by atoms with van der Waals surface area (Å²) in [6.07, 6.45) is 7.50. The van der Waals surface area contributed by atoms with Crippen molar-refractivity contribution in [1.82, 2.24) is 0 Å². The van der Waals surface area contributed by atoms with Crippen molar-refractivity contribution in [2.45, 2.75) is 71.0 Å². The SMILES string of the molecule is CCCCC(C)(CCC)O[C@H]1CCOC1. The Morgan fingerprint density at radius 2 is 2.07 bits per heavy atom. The van der Waals surface area contributed by atoms with Crippen LogP contribution in [0.2, 0.25) is 0 Å². The van der Waals surface area contributed by atoms with Crippen molar-refractivity contribution in [3.8, 4) is 0 Å². The van der Waals surface area contributed by atoms with Crippen LogP contribution in [0.25, 0.3) is 0 Å². The van der Waals surface area contributed by atoms with E-state index in [0.29, 0.717) is 6.10 Å². The Morgan fingerprint density at radius 1 is 1.27 bits per heavy atom. The van der Waals surface area contributed by atoms with Crippen molar-refractivity contribution in [2.75, 3.05) is 13.2 Å². The van der Waals surface area contributed by atoms with Crippen LogP contribution >= 0.6 is 0 Å². The fraction of sp³-hybridized carbons (Fsp3) is 1.00. The number of ether oxygens (including phenoxy) is 2. The lowest BCUT2D eigenvalue weighted by Crippen LogP contribution is -2.34. The highest BCUT2D eigenvalue weighted by molar-refractivity contribution is 4.78. The molecular weight excluding hydrogens is 188 g/mol. The highest BCUT2D eigenvalue weighted by Gasteiger charge is 2.29. The lowest BCUT2D eigenvalue weighted by Gasteiger charge is -2.32. The van der Waals surface area contributed by atoms with Crippen LogP contribution in [-0.2, 0) is 9.47 Å². The molecule has 90 valence electrons.